The second-order valence-electron chi connectivity index (χ2n) is 3.41. The number of carbonyl (C=O) groups excluding carboxylic acids is 1. The molecule has 0 atom stereocenters. The number of nitriles is 1. The lowest BCUT2D eigenvalue weighted by Gasteiger charge is -2.16. The predicted octanol–water partition coefficient (Wildman–Crippen LogP) is 1.76. The smallest absolute Gasteiger partial charge is 0.273 e. The Morgan fingerprint density at radius 2 is 2.35 bits per heavy atom. The molecule has 90 valence electrons. The molecule has 5 nitrogen and oxygen atoms in total. The first-order valence-corrected chi connectivity index (χ1v) is 5.44. The molecule has 1 heterocycles. The molecule has 0 radical (unpaired) electrons. The lowest BCUT2D eigenvalue weighted by atomic mass is 10.3. The van der Waals surface area contributed by atoms with Crippen molar-refractivity contribution >= 4 is 23.3 Å². The molecule has 1 aromatic rings. The fourth-order valence-corrected chi connectivity index (χ4v) is 1.42. The number of aromatic nitrogens is 1. The minimum atomic E-state index is -0.289. The molecule has 1 amide bonds. The molecular formula is C11H13ClN4O. The summed E-state index contributed by atoms with van der Waals surface area (Å²) in [7, 11) is 3.33. The van der Waals surface area contributed by atoms with Crippen LogP contribution in [0.4, 0.5) is 5.82 Å². The molecular weight excluding hydrogens is 240 g/mol. The predicted molar refractivity (Wildman–Crippen MR) is 66.0 cm³/mol. The summed E-state index contributed by atoms with van der Waals surface area (Å²) < 4.78 is 0. The van der Waals surface area contributed by atoms with Crippen molar-refractivity contribution in [1.29, 1.82) is 5.26 Å². The highest BCUT2D eigenvalue weighted by Gasteiger charge is 2.17. The minimum absolute atomic E-state index is 0.193. The van der Waals surface area contributed by atoms with Crippen LogP contribution in [0.15, 0.2) is 12.1 Å². The van der Waals surface area contributed by atoms with E-state index in [0.717, 1.165) is 0 Å². The number of pyridine rings is 1. The number of hydrogen-bond acceptors (Lipinski definition) is 4. The van der Waals surface area contributed by atoms with Gasteiger partial charge in [0.2, 0.25) is 0 Å². The van der Waals surface area contributed by atoms with Crippen LogP contribution in [0.25, 0.3) is 0 Å². The number of hydrogen-bond donors (Lipinski definition) is 1. The van der Waals surface area contributed by atoms with Gasteiger partial charge in [-0.2, -0.15) is 5.26 Å². The summed E-state index contributed by atoms with van der Waals surface area (Å²) in [5.74, 6) is 0.286. The normalized spacial score (nSPS) is 9.53. The third-order valence-corrected chi connectivity index (χ3v) is 2.52. The van der Waals surface area contributed by atoms with Crippen molar-refractivity contribution in [2.24, 2.45) is 0 Å². The average Bonchev–Trinajstić information content (AvgIpc) is 2.35. The van der Waals surface area contributed by atoms with Gasteiger partial charge in [0.15, 0.2) is 0 Å². The van der Waals surface area contributed by atoms with Crippen LogP contribution in [0.1, 0.15) is 16.9 Å². The highest BCUT2D eigenvalue weighted by atomic mass is 35.5. The summed E-state index contributed by atoms with van der Waals surface area (Å²) >= 11 is 5.92. The lowest BCUT2D eigenvalue weighted by Crippen LogP contribution is -2.28. The molecule has 0 aliphatic carbocycles. The van der Waals surface area contributed by atoms with Crippen LogP contribution in [0.5, 0.6) is 0 Å². The SMILES string of the molecule is CNc1ccc(Cl)c(C(=O)N(C)CCC#N)n1. The van der Waals surface area contributed by atoms with Gasteiger partial charge in [-0.25, -0.2) is 4.98 Å². The van der Waals surface area contributed by atoms with Gasteiger partial charge >= 0.3 is 0 Å². The zero-order chi connectivity index (χ0) is 12.8. The van der Waals surface area contributed by atoms with E-state index < -0.39 is 0 Å². The van der Waals surface area contributed by atoms with Gasteiger partial charge in [-0.3, -0.25) is 4.79 Å². The van der Waals surface area contributed by atoms with E-state index in [4.69, 9.17) is 16.9 Å². The Kier molecular flexibility index (Phi) is 4.73. The lowest BCUT2D eigenvalue weighted by molar-refractivity contribution is 0.0792. The van der Waals surface area contributed by atoms with Crippen LogP contribution in [0, 0.1) is 11.3 Å². The van der Waals surface area contributed by atoms with Gasteiger partial charge in [-0.1, -0.05) is 11.6 Å². The number of halogens is 1. The third kappa shape index (κ3) is 3.33. The number of nitrogens with one attached hydrogen (secondary N) is 1. The quantitative estimate of drug-likeness (QED) is 0.887. The largest absolute Gasteiger partial charge is 0.373 e. The Bertz CT molecular complexity index is 455. The van der Waals surface area contributed by atoms with E-state index >= 15 is 0 Å². The van der Waals surface area contributed by atoms with Gasteiger partial charge in [-0.15, -0.1) is 0 Å². The molecule has 17 heavy (non-hydrogen) atoms. The summed E-state index contributed by atoms with van der Waals surface area (Å²) in [6, 6.07) is 5.29. The van der Waals surface area contributed by atoms with Crippen LogP contribution < -0.4 is 5.32 Å². The average molecular weight is 253 g/mol. The fraction of sp³-hybridized carbons (Fsp3) is 0.364. The summed E-state index contributed by atoms with van der Waals surface area (Å²) in [6.07, 6.45) is 0.283. The van der Waals surface area contributed by atoms with Gasteiger partial charge in [0.05, 0.1) is 17.5 Å². The van der Waals surface area contributed by atoms with Crippen molar-refractivity contribution < 1.29 is 4.79 Å². The zero-order valence-corrected chi connectivity index (χ0v) is 10.5. The maximum Gasteiger partial charge on any atom is 0.273 e. The van der Waals surface area contributed by atoms with Crippen molar-refractivity contribution in [2.75, 3.05) is 26.0 Å². The van der Waals surface area contributed by atoms with E-state index in [1.54, 1.807) is 26.2 Å². The number of amides is 1. The Balaban J connectivity index is 2.91. The van der Waals surface area contributed by atoms with Crippen LogP contribution in [-0.2, 0) is 0 Å². The molecule has 0 saturated carbocycles. The maximum atomic E-state index is 12.0. The van der Waals surface area contributed by atoms with E-state index in [0.29, 0.717) is 17.4 Å². The van der Waals surface area contributed by atoms with E-state index in [1.165, 1.54) is 4.90 Å². The Labute approximate surface area is 105 Å². The number of rotatable bonds is 4. The van der Waals surface area contributed by atoms with Gasteiger partial charge in [0.25, 0.3) is 5.91 Å². The van der Waals surface area contributed by atoms with Crippen LogP contribution >= 0.6 is 11.6 Å². The molecule has 0 aliphatic heterocycles. The molecule has 0 unspecified atom stereocenters. The highest BCUT2D eigenvalue weighted by molar-refractivity contribution is 6.33. The van der Waals surface area contributed by atoms with Crippen molar-refractivity contribution in [2.45, 2.75) is 6.42 Å². The van der Waals surface area contributed by atoms with Gasteiger partial charge in [-0.05, 0) is 12.1 Å². The van der Waals surface area contributed by atoms with E-state index in [1.807, 2.05) is 6.07 Å². The van der Waals surface area contributed by atoms with E-state index in [2.05, 4.69) is 10.3 Å². The van der Waals surface area contributed by atoms with Gasteiger partial charge in [0, 0.05) is 20.6 Å². The Hall–Kier alpha value is -1.80. The van der Waals surface area contributed by atoms with Crippen molar-refractivity contribution in [3.63, 3.8) is 0 Å². The fourth-order valence-electron chi connectivity index (χ4n) is 1.23. The van der Waals surface area contributed by atoms with Crippen LogP contribution in [0.3, 0.4) is 0 Å². The third-order valence-electron chi connectivity index (χ3n) is 2.21. The standard InChI is InChI=1S/C11H13ClN4O/c1-14-9-5-4-8(12)10(15-9)11(17)16(2)7-3-6-13/h4-5H,3,7H2,1-2H3,(H,14,15). The molecule has 6 heteroatoms. The topological polar surface area (TPSA) is 69.0 Å². The molecule has 1 N–H and O–H groups in total. The zero-order valence-electron chi connectivity index (χ0n) is 9.70. The summed E-state index contributed by atoms with van der Waals surface area (Å²) in [5, 5.41) is 11.6. The molecule has 0 fully saturated rings. The van der Waals surface area contributed by atoms with Crippen molar-refractivity contribution in [3.05, 3.63) is 22.8 Å². The molecule has 0 bridgehead atoms. The second kappa shape index (κ2) is 6.06. The molecule has 0 saturated heterocycles. The highest BCUT2D eigenvalue weighted by Crippen LogP contribution is 2.17. The van der Waals surface area contributed by atoms with Gasteiger partial charge < -0.3 is 10.2 Å². The Morgan fingerprint density at radius 1 is 1.65 bits per heavy atom. The second-order valence-corrected chi connectivity index (χ2v) is 3.82. The maximum absolute atomic E-state index is 12.0. The van der Waals surface area contributed by atoms with Gasteiger partial charge in [0.1, 0.15) is 11.5 Å². The molecule has 1 rings (SSSR count). The monoisotopic (exact) mass is 252 g/mol. The summed E-state index contributed by atoms with van der Waals surface area (Å²) in [5.41, 5.74) is 0.193. The summed E-state index contributed by atoms with van der Waals surface area (Å²) in [4.78, 5) is 17.5. The summed E-state index contributed by atoms with van der Waals surface area (Å²) in [6.45, 7) is 0.358. The van der Waals surface area contributed by atoms with Crippen LogP contribution in [0.2, 0.25) is 5.02 Å². The Morgan fingerprint density at radius 3 is 2.94 bits per heavy atom. The molecule has 1 aromatic heterocycles. The first-order valence-electron chi connectivity index (χ1n) is 5.07. The van der Waals surface area contributed by atoms with Crippen molar-refractivity contribution in [3.8, 4) is 6.07 Å². The van der Waals surface area contributed by atoms with Crippen molar-refractivity contribution in [1.82, 2.24) is 9.88 Å². The number of carbonyl (C=O) groups is 1. The number of nitrogens with zero attached hydrogens (tertiary/aromatic N) is 3. The molecule has 0 aliphatic rings. The minimum Gasteiger partial charge on any atom is -0.373 e. The first kappa shape index (κ1) is 13.3. The number of anilines is 1. The van der Waals surface area contributed by atoms with Crippen LogP contribution in [-0.4, -0.2) is 36.4 Å². The van der Waals surface area contributed by atoms with E-state index in [-0.39, 0.29) is 18.0 Å². The molecule has 0 aromatic carbocycles. The first-order chi connectivity index (χ1) is 8.10. The molecule has 0 spiro atoms. The van der Waals surface area contributed by atoms with E-state index in [9.17, 15) is 4.79 Å².